The van der Waals surface area contributed by atoms with E-state index in [-0.39, 0.29) is 11.5 Å². The Hall–Kier alpha value is -1.32. The van der Waals surface area contributed by atoms with Crippen LogP contribution < -0.4 is 10.1 Å². The molecule has 18 heavy (non-hydrogen) atoms. The third kappa shape index (κ3) is 4.17. The van der Waals surface area contributed by atoms with Crippen molar-refractivity contribution in [2.75, 3.05) is 12.4 Å². The summed E-state index contributed by atoms with van der Waals surface area (Å²) in [6, 6.07) is 1.85. The molecule has 0 fully saturated rings. The van der Waals surface area contributed by atoms with Gasteiger partial charge in [0, 0.05) is 18.5 Å². The molecule has 0 radical (unpaired) electrons. The Morgan fingerprint density at radius 2 is 2.00 bits per heavy atom. The van der Waals surface area contributed by atoms with Crippen molar-refractivity contribution in [3.63, 3.8) is 0 Å². The fourth-order valence-corrected chi connectivity index (χ4v) is 1.62. The molecule has 1 aromatic rings. The van der Waals surface area contributed by atoms with Gasteiger partial charge in [0.05, 0.1) is 6.10 Å². The first-order valence-electron chi connectivity index (χ1n) is 6.60. The van der Waals surface area contributed by atoms with Crippen molar-refractivity contribution in [3.8, 4) is 5.88 Å². The molecule has 0 aliphatic carbocycles. The van der Waals surface area contributed by atoms with E-state index in [4.69, 9.17) is 4.74 Å². The number of hydrogen-bond acceptors (Lipinski definition) is 4. The number of anilines is 1. The zero-order valence-electron chi connectivity index (χ0n) is 12.4. The summed E-state index contributed by atoms with van der Waals surface area (Å²) in [5.41, 5.74) is -0.0844. The van der Waals surface area contributed by atoms with Gasteiger partial charge in [-0.05, 0) is 13.3 Å². The van der Waals surface area contributed by atoms with Gasteiger partial charge in [-0.2, -0.15) is 4.98 Å². The van der Waals surface area contributed by atoms with E-state index in [1.54, 1.807) is 0 Å². The average Bonchev–Trinajstić information content (AvgIpc) is 2.27. The second-order valence-electron chi connectivity index (χ2n) is 5.63. The van der Waals surface area contributed by atoms with Gasteiger partial charge in [-0.3, -0.25) is 0 Å². The standard InChI is InChI=1S/C14H25N3O/c1-7-8-10(2)18-12-9-11(15-6)16-13(17-12)14(3,4)5/h9-10H,7-8H2,1-6H3,(H,15,16,17). The molecule has 0 aliphatic heterocycles. The molecule has 1 N–H and O–H groups in total. The Kier molecular flexibility index (Phi) is 4.93. The molecule has 1 rings (SSSR count). The number of hydrogen-bond donors (Lipinski definition) is 1. The predicted octanol–water partition coefficient (Wildman–Crippen LogP) is 3.38. The molecule has 4 heteroatoms. The van der Waals surface area contributed by atoms with Crippen LogP contribution in [0.3, 0.4) is 0 Å². The van der Waals surface area contributed by atoms with Gasteiger partial charge in [0.25, 0.3) is 0 Å². The molecule has 0 saturated carbocycles. The highest BCUT2D eigenvalue weighted by atomic mass is 16.5. The molecule has 4 nitrogen and oxygen atoms in total. The summed E-state index contributed by atoms with van der Waals surface area (Å²) >= 11 is 0. The number of aromatic nitrogens is 2. The van der Waals surface area contributed by atoms with Gasteiger partial charge in [0.15, 0.2) is 0 Å². The molecular formula is C14H25N3O. The Bertz CT molecular complexity index is 385. The predicted molar refractivity (Wildman–Crippen MR) is 75.3 cm³/mol. The van der Waals surface area contributed by atoms with E-state index in [0.717, 1.165) is 24.5 Å². The largest absolute Gasteiger partial charge is 0.475 e. The molecule has 0 aliphatic rings. The maximum Gasteiger partial charge on any atom is 0.219 e. The van der Waals surface area contributed by atoms with Crippen molar-refractivity contribution in [1.29, 1.82) is 0 Å². The second kappa shape index (κ2) is 6.03. The van der Waals surface area contributed by atoms with Gasteiger partial charge in [-0.25, -0.2) is 4.98 Å². The highest BCUT2D eigenvalue weighted by Gasteiger charge is 2.19. The lowest BCUT2D eigenvalue weighted by Gasteiger charge is -2.20. The first-order valence-corrected chi connectivity index (χ1v) is 6.60. The molecule has 0 bridgehead atoms. The minimum absolute atomic E-state index is 0.0844. The monoisotopic (exact) mass is 251 g/mol. The topological polar surface area (TPSA) is 47.0 Å². The van der Waals surface area contributed by atoms with Crippen molar-refractivity contribution < 1.29 is 4.74 Å². The first kappa shape index (κ1) is 14.7. The fraction of sp³-hybridized carbons (Fsp3) is 0.714. The summed E-state index contributed by atoms with van der Waals surface area (Å²) in [5, 5.41) is 3.05. The molecule has 1 heterocycles. The van der Waals surface area contributed by atoms with Crippen molar-refractivity contribution in [1.82, 2.24) is 9.97 Å². The van der Waals surface area contributed by atoms with Crippen molar-refractivity contribution >= 4 is 5.82 Å². The van der Waals surface area contributed by atoms with Crippen LogP contribution in [0.15, 0.2) is 6.07 Å². The Labute approximate surface area is 110 Å². The van der Waals surface area contributed by atoms with Crippen LogP contribution in [0.2, 0.25) is 0 Å². The molecule has 102 valence electrons. The Morgan fingerprint density at radius 3 is 2.50 bits per heavy atom. The smallest absolute Gasteiger partial charge is 0.219 e. The molecule has 0 aromatic carbocycles. The summed E-state index contributed by atoms with van der Waals surface area (Å²) in [7, 11) is 1.86. The molecule has 0 saturated heterocycles. The SMILES string of the molecule is CCCC(C)Oc1cc(NC)nc(C(C)(C)C)n1. The van der Waals surface area contributed by atoms with Gasteiger partial charge in [0.1, 0.15) is 11.6 Å². The summed E-state index contributed by atoms with van der Waals surface area (Å²) in [6.07, 6.45) is 2.32. The molecular weight excluding hydrogens is 226 g/mol. The van der Waals surface area contributed by atoms with Crippen LogP contribution in [-0.4, -0.2) is 23.1 Å². The number of ether oxygens (including phenoxy) is 1. The van der Waals surface area contributed by atoms with Crippen LogP contribution in [0.4, 0.5) is 5.82 Å². The maximum atomic E-state index is 5.84. The lowest BCUT2D eigenvalue weighted by atomic mass is 9.96. The Balaban J connectivity index is 2.97. The third-order valence-electron chi connectivity index (χ3n) is 2.65. The van der Waals surface area contributed by atoms with Gasteiger partial charge in [-0.1, -0.05) is 34.1 Å². The highest BCUT2D eigenvalue weighted by Crippen LogP contribution is 2.23. The normalized spacial score (nSPS) is 13.2. The lowest BCUT2D eigenvalue weighted by molar-refractivity contribution is 0.200. The van der Waals surface area contributed by atoms with Crippen LogP contribution in [0.25, 0.3) is 0 Å². The first-order chi connectivity index (χ1) is 8.36. The average molecular weight is 251 g/mol. The number of nitrogens with one attached hydrogen (secondary N) is 1. The van der Waals surface area contributed by atoms with Crippen LogP contribution in [0.5, 0.6) is 5.88 Å². The molecule has 0 amide bonds. The van der Waals surface area contributed by atoms with Crippen LogP contribution >= 0.6 is 0 Å². The Morgan fingerprint density at radius 1 is 1.33 bits per heavy atom. The third-order valence-corrected chi connectivity index (χ3v) is 2.65. The maximum absolute atomic E-state index is 5.84. The fourth-order valence-electron chi connectivity index (χ4n) is 1.62. The quantitative estimate of drug-likeness (QED) is 0.871. The van der Waals surface area contributed by atoms with E-state index >= 15 is 0 Å². The highest BCUT2D eigenvalue weighted by molar-refractivity contribution is 5.38. The summed E-state index contributed by atoms with van der Waals surface area (Å²) in [5.74, 6) is 2.25. The van der Waals surface area contributed by atoms with Gasteiger partial charge in [-0.15, -0.1) is 0 Å². The zero-order chi connectivity index (χ0) is 13.8. The van der Waals surface area contributed by atoms with Gasteiger partial charge in [0.2, 0.25) is 5.88 Å². The summed E-state index contributed by atoms with van der Waals surface area (Å²) in [4.78, 5) is 8.98. The van der Waals surface area contributed by atoms with Crippen molar-refractivity contribution in [2.24, 2.45) is 0 Å². The minimum atomic E-state index is -0.0844. The summed E-state index contributed by atoms with van der Waals surface area (Å²) in [6.45, 7) is 10.5. The van der Waals surface area contributed by atoms with E-state index in [1.165, 1.54) is 0 Å². The molecule has 0 spiro atoms. The minimum Gasteiger partial charge on any atom is -0.475 e. The van der Waals surface area contributed by atoms with Crippen LogP contribution in [0, 0.1) is 0 Å². The summed E-state index contributed by atoms with van der Waals surface area (Å²) < 4.78 is 5.84. The van der Waals surface area contributed by atoms with E-state index in [1.807, 2.05) is 13.1 Å². The van der Waals surface area contributed by atoms with E-state index < -0.39 is 0 Å². The number of rotatable bonds is 5. The van der Waals surface area contributed by atoms with Gasteiger partial charge >= 0.3 is 0 Å². The van der Waals surface area contributed by atoms with Crippen LogP contribution in [0.1, 0.15) is 53.3 Å². The van der Waals surface area contributed by atoms with Crippen molar-refractivity contribution in [3.05, 3.63) is 11.9 Å². The zero-order valence-corrected chi connectivity index (χ0v) is 12.4. The molecule has 1 atom stereocenters. The van der Waals surface area contributed by atoms with Gasteiger partial charge < -0.3 is 10.1 Å². The van der Waals surface area contributed by atoms with E-state index in [0.29, 0.717) is 5.88 Å². The molecule has 1 unspecified atom stereocenters. The second-order valence-corrected chi connectivity index (χ2v) is 5.63. The lowest BCUT2D eigenvalue weighted by Crippen LogP contribution is -2.19. The number of nitrogens with zero attached hydrogens (tertiary/aromatic N) is 2. The van der Waals surface area contributed by atoms with E-state index in [2.05, 4.69) is 49.9 Å². The molecule has 1 aromatic heterocycles. The van der Waals surface area contributed by atoms with Crippen LogP contribution in [-0.2, 0) is 5.41 Å². The van der Waals surface area contributed by atoms with Crippen molar-refractivity contribution in [2.45, 2.75) is 59.0 Å². The van der Waals surface area contributed by atoms with E-state index in [9.17, 15) is 0 Å².